The summed E-state index contributed by atoms with van der Waals surface area (Å²) in [5.74, 6) is -0.283. The van der Waals surface area contributed by atoms with Crippen molar-refractivity contribution in [3.63, 3.8) is 0 Å². The lowest BCUT2D eigenvalue weighted by atomic mass is 9.76. The number of carbonyl (C=O) groups excluding carboxylic acids is 1. The van der Waals surface area contributed by atoms with Crippen molar-refractivity contribution in [2.45, 2.75) is 45.6 Å². The predicted molar refractivity (Wildman–Crippen MR) is 54.0 cm³/mol. The van der Waals surface area contributed by atoms with Gasteiger partial charge in [0.05, 0.1) is 13.2 Å². The zero-order chi connectivity index (χ0) is 10.6. The molecule has 0 aliphatic heterocycles. The van der Waals surface area contributed by atoms with Gasteiger partial charge in [-0.25, -0.2) is 4.79 Å². The normalized spacial score (nSPS) is 21.9. The van der Waals surface area contributed by atoms with Crippen molar-refractivity contribution in [2.75, 3.05) is 13.7 Å². The van der Waals surface area contributed by atoms with Gasteiger partial charge in [0.25, 0.3) is 0 Å². The Labute approximate surface area is 85.8 Å². The molecule has 1 fully saturated rings. The summed E-state index contributed by atoms with van der Waals surface area (Å²) in [5.41, 5.74) is 0.450. The highest BCUT2D eigenvalue weighted by Gasteiger charge is 2.27. The van der Waals surface area contributed by atoms with Crippen LogP contribution in [0.5, 0.6) is 0 Å². The van der Waals surface area contributed by atoms with Gasteiger partial charge in [-0.3, -0.25) is 0 Å². The summed E-state index contributed by atoms with van der Waals surface area (Å²) in [5, 5.41) is 0. The van der Waals surface area contributed by atoms with E-state index in [9.17, 15) is 4.79 Å². The second-order valence-electron chi connectivity index (χ2n) is 4.75. The Bertz CT molecular complexity index is 189. The molecule has 0 bridgehead atoms. The van der Waals surface area contributed by atoms with Gasteiger partial charge in [-0.2, -0.15) is 0 Å². The third kappa shape index (κ3) is 3.66. The highest BCUT2D eigenvalue weighted by atomic mass is 16.6. The molecular weight excluding hydrogens is 180 g/mol. The summed E-state index contributed by atoms with van der Waals surface area (Å²) in [4.78, 5) is 10.8. The van der Waals surface area contributed by atoms with Crippen molar-refractivity contribution in [1.29, 1.82) is 0 Å². The Balaban J connectivity index is 2.19. The Hall–Kier alpha value is -0.570. The number of carbonyl (C=O) groups is 1. The molecule has 0 amide bonds. The van der Waals surface area contributed by atoms with E-state index in [0.717, 1.165) is 12.8 Å². The average molecular weight is 200 g/mol. The number of rotatable bonds is 3. The van der Waals surface area contributed by atoms with Crippen LogP contribution < -0.4 is 0 Å². The minimum Gasteiger partial charge on any atom is -0.467 e. The van der Waals surface area contributed by atoms with E-state index >= 15 is 0 Å². The van der Waals surface area contributed by atoms with Crippen LogP contribution in [0.15, 0.2) is 0 Å². The third-order valence-electron chi connectivity index (χ3n) is 2.95. The first kappa shape index (κ1) is 11.5. The van der Waals surface area contributed by atoms with Gasteiger partial charge in [0.2, 0.25) is 0 Å². The van der Waals surface area contributed by atoms with Gasteiger partial charge in [0.1, 0.15) is 6.61 Å². The first-order valence-corrected chi connectivity index (χ1v) is 5.22. The van der Waals surface area contributed by atoms with Crippen molar-refractivity contribution in [3.8, 4) is 0 Å². The van der Waals surface area contributed by atoms with E-state index in [1.165, 1.54) is 20.0 Å². The largest absolute Gasteiger partial charge is 0.467 e. The molecule has 1 aliphatic carbocycles. The van der Waals surface area contributed by atoms with Crippen LogP contribution in [0.1, 0.15) is 39.5 Å². The molecule has 0 aromatic heterocycles. The van der Waals surface area contributed by atoms with Crippen molar-refractivity contribution < 1.29 is 14.3 Å². The van der Waals surface area contributed by atoms with E-state index in [0.29, 0.717) is 5.41 Å². The van der Waals surface area contributed by atoms with Crippen LogP contribution in [0.3, 0.4) is 0 Å². The zero-order valence-electron chi connectivity index (χ0n) is 9.34. The third-order valence-corrected chi connectivity index (χ3v) is 2.95. The monoisotopic (exact) mass is 200 g/mol. The molecule has 1 saturated carbocycles. The fourth-order valence-corrected chi connectivity index (χ4v) is 1.78. The van der Waals surface area contributed by atoms with Crippen LogP contribution in [0.2, 0.25) is 0 Å². The second kappa shape index (κ2) is 4.78. The number of hydrogen-bond acceptors (Lipinski definition) is 3. The molecule has 0 unspecified atom stereocenters. The van der Waals surface area contributed by atoms with Gasteiger partial charge in [0.15, 0.2) is 0 Å². The topological polar surface area (TPSA) is 35.5 Å². The maximum absolute atomic E-state index is 10.8. The minimum atomic E-state index is -0.283. The van der Waals surface area contributed by atoms with Crippen LogP contribution in [0.4, 0.5) is 0 Å². The van der Waals surface area contributed by atoms with Crippen molar-refractivity contribution in [1.82, 2.24) is 0 Å². The highest BCUT2D eigenvalue weighted by molar-refractivity contribution is 5.70. The molecule has 1 aliphatic rings. The van der Waals surface area contributed by atoms with E-state index < -0.39 is 0 Å². The van der Waals surface area contributed by atoms with Crippen LogP contribution >= 0.6 is 0 Å². The SMILES string of the molecule is COC(=O)COC1CCC(C)(C)CC1. The molecule has 0 aromatic carbocycles. The number of hydrogen-bond donors (Lipinski definition) is 0. The summed E-state index contributed by atoms with van der Waals surface area (Å²) in [7, 11) is 1.38. The molecule has 0 heterocycles. The number of ether oxygens (including phenoxy) is 2. The van der Waals surface area contributed by atoms with Crippen LogP contribution in [-0.2, 0) is 14.3 Å². The first-order chi connectivity index (χ1) is 6.53. The molecule has 0 aromatic rings. The van der Waals surface area contributed by atoms with E-state index in [4.69, 9.17) is 4.74 Å². The summed E-state index contributed by atoms with van der Waals surface area (Å²) < 4.78 is 9.97. The van der Waals surface area contributed by atoms with Crippen LogP contribution in [-0.4, -0.2) is 25.8 Å². The first-order valence-electron chi connectivity index (χ1n) is 5.22. The smallest absolute Gasteiger partial charge is 0.331 e. The Kier molecular flexibility index (Phi) is 3.93. The lowest BCUT2D eigenvalue weighted by Gasteiger charge is -2.33. The number of esters is 1. The lowest BCUT2D eigenvalue weighted by Crippen LogP contribution is -2.28. The van der Waals surface area contributed by atoms with Crippen LogP contribution in [0, 0.1) is 5.41 Å². The Morgan fingerprint density at radius 3 is 2.43 bits per heavy atom. The molecule has 0 saturated heterocycles. The van der Waals surface area contributed by atoms with Gasteiger partial charge < -0.3 is 9.47 Å². The molecule has 3 heteroatoms. The summed E-state index contributed by atoms with van der Waals surface area (Å²) >= 11 is 0. The quantitative estimate of drug-likeness (QED) is 0.655. The summed E-state index contributed by atoms with van der Waals surface area (Å²) in [6.45, 7) is 4.66. The van der Waals surface area contributed by atoms with E-state index in [1.807, 2.05) is 0 Å². The molecule has 1 rings (SSSR count). The number of methoxy groups -OCH3 is 1. The fraction of sp³-hybridized carbons (Fsp3) is 0.909. The summed E-state index contributed by atoms with van der Waals surface area (Å²) in [6.07, 6.45) is 4.73. The van der Waals surface area contributed by atoms with E-state index in [2.05, 4.69) is 18.6 Å². The molecule has 0 atom stereocenters. The van der Waals surface area contributed by atoms with Gasteiger partial charge >= 0.3 is 5.97 Å². The Morgan fingerprint density at radius 2 is 1.93 bits per heavy atom. The van der Waals surface area contributed by atoms with E-state index in [-0.39, 0.29) is 18.7 Å². The zero-order valence-corrected chi connectivity index (χ0v) is 9.34. The average Bonchev–Trinajstić information content (AvgIpc) is 2.16. The molecule has 0 N–H and O–H groups in total. The van der Waals surface area contributed by atoms with Crippen molar-refractivity contribution in [3.05, 3.63) is 0 Å². The Morgan fingerprint density at radius 1 is 1.36 bits per heavy atom. The lowest BCUT2D eigenvalue weighted by molar-refractivity contribution is -0.149. The van der Waals surface area contributed by atoms with Gasteiger partial charge in [-0.1, -0.05) is 13.8 Å². The van der Waals surface area contributed by atoms with Gasteiger partial charge in [-0.05, 0) is 31.1 Å². The van der Waals surface area contributed by atoms with E-state index in [1.54, 1.807) is 0 Å². The molecule has 14 heavy (non-hydrogen) atoms. The standard InChI is InChI=1S/C11H20O3/c1-11(2)6-4-9(5-7-11)14-8-10(12)13-3/h9H,4-8H2,1-3H3. The van der Waals surface area contributed by atoms with Crippen LogP contribution in [0.25, 0.3) is 0 Å². The predicted octanol–water partition coefficient (Wildman–Crippen LogP) is 2.14. The van der Waals surface area contributed by atoms with Gasteiger partial charge in [-0.15, -0.1) is 0 Å². The van der Waals surface area contributed by atoms with Crippen molar-refractivity contribution >= 4 is 5.97 Å². The summed E-state index contributed by atoms with van der Waals surface area (Å²) in [6, 6.07) is 0. The maximum Gasteiger partial charge on any atom is 0.331 e. The van der Waals surface area contributed by atoms with Crippen molar-refractivity contribution in [2.24, 2.45) is 5.41 Å². The molecule has 82 valence electrons. The minimum absolute atomic E-state index is 0.0988. The molecular formula is C11H20O3. The maximum atomic E-state index is 10.8. The highest BCUT2D eigenvalue weighted by Crippen LogP contribution is 2.35. The fourth-order valence-electron chi connectivity index (χ4n) is 1.78. The van der Waals surface area contributed by atoms with Gasteiger partial charge in [0, 0.05) is 0 Å². The molecule has 3 nitrogen and oxygen atoms in total. The second-order valence-corrected chi connectivity index (χ2v) is 4.75. The molecule has 0 spiro atoms. The molecule has 0 radical (unpaired) electrons.